The highest BCUT2D eigenvalue weighted by Gasteiger charge is 2.04. The number of hydrogen-bond donors (Lipinski definition) is 0. The minimum Gasteiger partial charge on any atom is -0.428 e. The summed E-state index contributed by atoms with van der Waals surface area (Å²) < 4.78 is 0.449. The summed E-state index contributed by atoms with van der Waals surface area (Å²) in [6, 6.07) is 17.7. The van der Waals surface area contributed by atoms with Gasteiger partial charge in [-0.25, -0.2) is 0 Å². The first-order valence-electron chi connectivity index (χ1n) is 5.49. The lowest BCUT2D eigenvalue weighted by atomic mass is 9.98. The van der Waals surface area contributed by atoms with Crippen molar-refractivity contribution in [2.75, 3.05) is 0 Å². The van der Waals surface area contributed by atoms with E-state index in [-0.39, 0.29) is 0 Å². The molecule has 0 heterocycles. The molecule has 0 amide bonds. The summed E-state index contributed by atoms with van der Waals surface area (Å²) in [4.78, 5) is 0. The van der Waals surface area contributed by atoms with Gasteiger partial charge in [-0.05, 0) is 35.2 Å². The molecule has 0 bridgehead atoms. The molecule has 2 rings (SSSR count). The fraction of sp³-hybridized carbons (Fsp3) is 0.0667. The molecule has 0 fully saturated rings. The summed E-state index contributed by atoms with van der Waals surface area (Å²) in [5, 5.41) is 8.95. The summed E-state index contributed by atoms with van der Waals surface area (Å²) in [6.07, 6.45) is 0.739. The van der Waals surface area contributed by atoms with Crippen LogP contribution in [0.25, 0.3) is 0 Å². The monoisotopic (exact) mass is 268 g/mol. The van der Waals surface area contributed by atoms with Crippen LogP contribution in [-0.2, 0) is 19.0 Å². The number of hydrogen-bond acceptors (Lipinski definition) is 3. The van der Waals surface area contributed by atoms with Crippen LogP contribution < -0.4 is 0 Å². The summed E-state index contributed by atoms with van der Waals surface area (Å²) in [5.74, 6) is 0. The first-order valence-corrected chi connectivity index (χ1v) is 6.30. The zero-order valence-electron chi connectivity index (χ0n) is 9.59. The molecular weight excluding hydrogens is 258 g/mol. The van der Waals surface area contributed by atoms with E-state index in [1.54, 1.807) is 6.07 Å². The van der Waals surface area contributed by atoms with Gasteiger partial charge in [-0.2, -0.15) is 5.26 Å². The lowest BCUT2D eigenvalue weighted by molar-refractivity contribution is 1.18. The predicted molar refractivity (Wildman–Crippen MR) is 79.5 cm³/mol. The van der Waals surface area contributed by atoms with Crippen LogP contribution in [0.4, 0.5) is 0 Å². The Morgan fingerprint density at radius 1 is 1.17 bits per heavy atom. The summed E-state index contributed by atoms with van der Waals surface area (Å²) in [7, 11) is 0. The number of nitriles is 1. The van der Waals surface area contributed by atoms with Crippen LogP contribution in [0.15, 0.2) is 48.5 Å². The van der Waals surface area contributed by atoms with Gasteiger partial charge in [0.1, 0.15) is 0 Å². The molecule has 0 saturated carbocycles. The molecule has 0 saturated heterocycles. The van der Waals surface area contributed by atoms with Crippen molar-refractivity contribution in [2.24, 2.45) is 0 Å². The summed E-state index contributed by atoms with van der Waals surface area (Å²) in [5.41, 5.74) is 3.71. The molecule has 0 aliphatic rings. The zero-order chi connectivity index (χ0) is 13.0. The second-order valence-electron chi connectivity index (χ2n) is 3.93. The molecule has 0 spiro atoms. The second kappa shape index (κ2) is 5.72. The van der Waals surface area contributed by atoms with E-state index < -0.39 is 0 Å². The first kappa shape index (κ1) is 12.7. The van der Waals surface area contributed by atoms with E-state index >= 15 is 0 Å². The molecule has 0 N–H and O–H groups in total. The highest BCUT2D eigenvalue weighted by molar-refractivity contribution is 8.01. The number of thiocarbonyl (C=S) groups is 1. The van der Waals surface area contributed by atoms with Crippen molar-refractivity contribution in [3.8, 4) is 6.07 Å². The molecular formula is C15H10NS2-. The van der Waals surface area contributed by atoms with Crippen LogP contribution >= 0.6 is 12.2 Å². The van der Waals surface area contributed by atoms with Gasteiger partial charge < -0.3 is 24.8 Å². The highest BCUT2D eigenvalue weighted by atomic mass is 32.1. The quantitative estimate of drug-likeness (QED) is 0.630. The fourth-order valence-electron chi connectivity index (χ4n) is 1.82. The van der Waals surface area contributed by atoms with Gasteiger partial charge in [-0.3, -0.25) is 0 Å². The van der Waals surface area contributed by atoms with Crippen LogP contribution in [-0.4, -0.2) is 4.20 Å². The van der Waals surface area contributed by atoms with Crippen molar-refractivity contribution < 1.29 is 0 Å². The molecule has 2 aromatic rings. The Morgan fingerprint density at radius 2 is 1.89 bits per heavy atom. The molecule has 0 aliphatic carbocycles. The SMILES string of the molecule is N#Cc1ccc(C(=S)[S-])c(Cc2ccccc2)c1. The molecule has 0 radical (unpaired) electrons. The van der Waals surface area contributed by atoms with Gasteiger partial charge in [0.25, 0.3) is 0 Å². The highest BCUT2D eigenvalue weighted by Crippen LogP contribution is 2.17. The molecule has 0 aliphatic heterocycles. The Kier molecular flexibility index (Phi) is 4.03. The smallest absolute Gasteiger partial charge is 0.0991 e. The number of rotatable bonds is 3. The van der Waals surface area contributed by atoms with Crippen molar-refractivity contribution >= 4 is 29.0 Å². The second-order valence-corrected chi connectivity index (χ2v) is 5.01. The van der Waals surface area contributed by atoms with Gasteiger partial charge in [0.2, 0.25) is 0 Å². The fourth-order valence-corrected chi connectivity index (χ4v) is 2.22. The van der Waals surface area contributed by atoms with Gasteiger partial charge in [0.15, 0.2) is 0 Å². The summed E-state index contributed by atoms with van der Waals surface area (Å²) >= 11 is 10.2. The average molecular weight is 268 g/mol. The molecule has 1 nitrogen and oxygen atoms in total. The Balaban J connectivity index is 2.42. The normalized spacial score (nSPS) is 9.72. The number of nitrogens with zero attached hydrogens (tertiary/aromatic N) is 1. The van der Waals surface area contributed by atoms with Gasteiger partial charge in [-0.15, -0.1) is 4.20 Å². The third-order valence-corrected chi connectivity index (χ3v) is 3.13. The molecule has 0 unspecified atom stereocenters. The van der Waals surface area contributed by atoms with Gasteiger partial charge in [-0.1, -0.05) is 36.4 Å². The van der Waals surface area contributed by atoms with Crippen LogP contribution in [0, 0.1) is 11.3 Å². The van der Waals surface area contributed by atoms with Crippen molar-refractivity contribution in [1.82, 2.24) is 0 Å². The van der Waals surface area contributed by atoms with Gasteiger partial charge >= 0.3 is 0 Å². The standard InChI is InChI=1S/C15H11NS2/c16-10-12-6-7-14(15(17)18)13(9-12)8-11-4-2-1-3-5-11/h1-7,9H,8H2,(H,17,18)/p-1. The van der Waals surface area contributed by atoms with Crippen LogP contribution in [0.1, 0.15) is 22.3 Å². The average Bonchev–Trinajstić information content (AvgIpc) is 2.39. The lowest BCUT2D eigenvalue weighted by Crippen LogP contribution is -2.01. The predicted octanol–water partition coefficient (Wildman–Crippen LogP) is 3.37. The third-order valence-electron chi connectivity index (χ3n) is 2.69. The Bertz CT molecular complexity index is 612. The van der Waals surface area contributed by atoms with Crippen LogP contribution in [0.3, 0.4) is 0 Å². The van der Waals surface area contributed by atoms with E-state index in [9.17, 15) is 0 Å². The minimum absolute atomic E-state index is 0.449. The molecule has 3 heteroatoms. The van der Waals surface area contributed by atoms with Crippen molar-refractivity contribution in [3.05, 3.63) is 70.8 Å². The Morgan fingerprint density at radius 3 is 2.50 bits per heavy atom. The van der Waals surface area contributed by atoms with E-state index in [1.807, 2.05) is 30.3 Å². The molecule has 88 valence electrons. The van der Waals surface area contributed by atoms with E-state index in [1.165, 1.54) is 5.56 Å². The maximum absolute atomic E-state index is 8.95. The molecule has 0 aromatic heterocycles. The topological polar surface area (TPSA) is 23.8 Å². The van der Waals surface area contributed by atoms with E-state index in [0.29, 0.717) is 9.76 Å². The number of benzene rings is 2. The van der Waals surface area contributed by atoms with E-state index in [0.717, 1.165) is 17.5 Å². The summed E-state index contributed by atoms with van der Waals surface area (Å²) in [6.45, 7) is 0. The maximum atomic E-state index is 8.95. The minimum atomic E-state index is 0.449. The lowest BCUT2D eigenvalue weighted by Gasteiger charge is -2.13. The molecule has 18 heavy (non-hydrogen) atoms. The van der Waals surface area contributed by atoms with Crippen molar-refractivity contribution in [1.29, 1.82) is 5.26 Å². The van der Waals surface area contributed by atoms with Crippen LogP contribution in [0.2, 0.25) is 0 Å². The zero-order valence-corrected chi connectivity index (χ0v) is 11.2. The Hall–Kier alpha value is -1.76. The van der Waals surface area contributed by atoms with Gasteiger partial charge in [0.05, 0.1) is 11.6 Å². The first-order chi connectivity index (χ1) is 8.70. The molecule has 2 aromatic carbocycles. The van der Waals surface area contributed by atoms with Crippen molar-refractivity contribution in [2.45, 2.75) is 6.42 Å². The molecule has 0 atom stereocenters. The van der Waals surface area contributed by atoms with Crippen molar-refractivity contribution in [3.63, 3.8) is 0 Å². The largest absolute Gasteiger partial charge is 0.428 e. The third kappa shape index (κ3) is 2.92. The maximum Gasteiger partial charge on any atom is 0.0991 e. The Labute approximate surface area is 117 Å². The van der Waals surface area contributed by atoms with E-state index in [4.69, 9.17) is 30.1 Å². The van der Waals surface area contributed by atoms with Crippen LogP contribution in [0.5, 0.6) is 0 Å². The van der Waals surface area contributed by atoms with E-state index in [2.05, 4.69) is 18.2 Å². The van der Waals surface area contributed by atoms with Gasteiger partial charge in [0, 0.05) is 0 Å².